The number of hydrogen-bond donors (Lipinski definition) is 0. The Bertz CT molecular complexity index is 654. The number of hydrogen-bond acceptors (Lipinski definition) is 5. The molecule has 0 bridgehead atoms. The second-order valence-electron chi connectivity index (χ2n) is 4.08. The minimum atomic E-state index is -0.409. The van der Waals surface area contributed by atoms with Crippen molar-refractivity contribution in [1.82, 2.24) is 10.1 Å². The van der Waals surface area contributed by atoms with Crippen molar-refractivity contribution in [3.05, 3.63) is 39.4 Å². The fourth-order valence-corrected chi connectivity index (χ4v) is 2.22. The first-order chi connectivity index (χ1) is 10.1. The molecule has 1 aromatic carbocycles. The van der Waals surface area contributed by atoms with Gasteiger partial charge in [0.2, 0.25) is 5.82 Å². The van der Waals surface area contributed by atoms with Crippen LogP contribution in [-0.4, -0.2) is 16.7 Å². The van der Waals surface area contributed by atoms with Crippen LogP contribution in [0.2, 0.25) is 5.02 Å². The Morgan fingerprint density at radius 2 is 2.33 bits per heavy atom. The van der Waals surface area contributed by atoms with Gasteiger partial charge in [-0.3, -0.25) is 0 Å². The number of ether oxygens (including phenoxy) is 2. The molecule has 1 aromatic heterocycles. The Morgan fingerprint density at radius 3 is 3.05 bits per heavy atom. The third-order valence-electron chi connectivity index (χ3n) is 2.46. The Kier molecular flexibility index (Phi) is 5.62. The van der Waals surface area contributed by atoms with Crippen LogP contribution in [0.15, 0.2) is 27.2 Å². The number of aromatic nitrogens is 2. The van der Waals surface area contributed by atoms with E-state index < -0.39 is 6.10 Å². The average Bonchev–Trinajstić information content (AvgIpc) is 2.91. The summed E-state index contributed by atoms with van der Waals surface area (Å²) in [5.74, 6) is 3.65. The van der Waals surface area contributed by atoms with E-state index >= 15 is 0 Å². The van der Waals surface area contributed by atoms with Gasteiger partial charge in [0.15, 0.2) is 6.10 Å². The van der Waals surface area contributed by atoms with Gasteiger partial charge in [0, 0.05) is 4.47 Å². The quantitative estimate of drug-likeness (QED) is 0.571. The van der Waals surface area contributed by atoms with E-state index in [1.165, 1.54) is 0 Å². The van der Waals surface area contributed by atoms with Crippen LogP contribution < -0.4 is 4.74 Å². The lowest BCUT2D eigenvalue weighted by atomic mass is 10.3. The van der Waals surface area contributed by atoms with E-state index in [0.717, 1.165) is 4.47 Å². The summed E-state index contributed by atoms with van der Waals surface area (Å²) in [7, 11) is 0. The lowest BCUT2D eigenvalue weighted by Gasteiger charge is -2.12. The number of nitrogens with zero attached hydrogens (tertiary/aromatic N) is 2. The van der Waals surface area contributed by atoms with Crippen molar-refractivity contribution in [3.63, 3.8) is 0 Å². The van der Waals surface area contributed by atoms with Gasteiger partial charge in [0.25, 0.3) is 5.89 Å². The van der Waals surface area contributed by atoms with E-state index in [1.807, 2.05) is 6.07 Å². The zero-order chi connectivity index (χ0) is 15.2. The lowest BCUT2D eigenvalue weighted by Crippen LogP contribution is -2.05. The molecule has 0 saturated heterocycles. The first-order valence-electron chi connectivity index (χ1n) is 6.05. The molecule has 0 aliphatic heterocycles. The van der Waals surface area contributed by atoms with Crippen molar-refractivity contribution in [1.29, 1.82) is 0 Å². The van der Waals surface area contributed by atoms with Crippen LogP contribution in [0.3, 0.4) is 0 Å². The number of benzene rings is 1. The number of terminal acetylenes is 1. The molecule has 0 N–H and O–H groups in total. The molecular formula is C14H12BrClN2O3. The number of halogens is 2. The van der Waals surface area contributed by atoms with Gasteiger partial charge in [0.1, 0.15) is 19.0 Å². The van der Waals surface area contributed by atoms with Crippen LogP contribution in [0.4, 0.5) is 0 Å². The average molecular weight is 372 g/mol. The molecule has 0 spiro atoms. The molecule has 0 radical (unpaired) electrons. The Balaban J connectivity index is 2.00. The summed E-state index contributed by atoms with van der Waals surface area (Å²) in [5, 5.41) is 4.34. The molecule has 7 heteroatoms. The zero-order valence-electron chi connectivity index (χ0n) is 11.2. The van der Waals surface area contributed by atoms with Crippen molar-refractivity contribution in [2.24, 2.45) is 0 Å². The van der Waals surface area contributed by atoms with Crippen LogP contribution in [0.1, 0.15) is 24.7 Å². The van der Waals surface area contributed by atoms with Crippen molar-refractivity contribution >= 4 is 27.5 Å². The van der Waals surface area contributed by atoms with Gasteiger partial charge in [-0.2, -0.15) is 4.98 Å². The van der Waals surface area contributed by atoms with Crippen molar-refractivity contribution < 1.29 is 14.0 Å². The Labute approximate surface area is 135 Å². The maximum absolute atomic E-state index is 6.09. The molecule has 0 amide bonds. The van der Waals surface area contributed by atoms with Gasteiger partial charge in [-0.25, -0.2) is 0 Å². The predicted molar refractivity (Wildman–Crippen MR) is 81.0 cm³/mol. The van der Waals surface area contributed by atoms with E-state index in [1.54, 1.807) is 19.1 Å². The summed E-state index contributed by atoms with van der Waals surface area (Å²) in [4.78, 5) is 4.18. The molecule has 1 atom stereocenters. The molecule has 1 heterocycles. The van der Waals surface area contributed by atoms with E-state index in [2.05, 4.69) is 32.0 Å². The van der Waals surface area contributed by atoms with Gasteiger partial charge in [-0.1, -0.05) is 38.6 Å². The topological polar surface area (TPSA) is 57.4 Å². The summed E-state index contributed by atoms with van der Waals surface area (Å²) >= 11 is 9.43. The maximum atomic E-state index is 6.09. The fraction of sp³-hybridized carbons (Fsp3) is 0.286. The second kappa shape index (κ2) is 7.46. The first kappa shape index (κ1) is 15.8. The SMILES string of the molecule is C#CCOCc1nc(C(C)Oc2ccc(Br)cc2Cl)no1. The molecule has 0 aliphatic carbocycles. The fourth-order valence-electron chi connectivity index (χ4n) is 1.50. The third kappa shape index (κ3) is 4.46. The largest absolute Gasteiger partial charge is 0.481 e. The molecular weight excluding hydrogens is 360 g/mol. The first-order valence-corrected chi connectivity index (χ1v) is 7.22. The van der Waals surface area contributed by atoms with E-state index in [4.69, 9.17) is 32.0 Å². The van der Waals surface area contributed by atoms with Crippen molar-refractivity contribution in [3.8, 4) is 18.1 Å². The summed E-state index contributed by atoms with van der Waals surface area (Å²) < 4.78 is 16.7. The monoisotopic (exact) mass is 370 g/mol. The predicted octanol–water partition coefficient (Wildman–Crippen LogP) is 3.78. The molecule has 0 aliphatic rings. The van der Waals surface area contributed by atoms with Crippen LogP contribution in [0.5, 0.6) is 5.75 Å². The standard InChI is InChI=1S/C14H12BrClN2O3/c1-3-6-19-8-13-17-14(18-21-13)9(2)20-12-5-4-10(15)7-11(12)16/h1,4-5,7,9H,6,8H2,2H3. The number of rotatable bonds is 6. The second-order valence-corrected chi connectivity index (χ2v) is 5.40. The van der Waals surface area contributed by atoms with Gasteiger partial charge < -0.3 is 14.0 Å². The summed E-state index contributed by atoms with van der Waals surface area (Å²) in [5.41, 5.74) is 0. The van der Waals surface area contributed by atoms with Crippen LogP contribution in [0.25, 0.3) is 0 Å². The maximum Gasteiger partial charge on any atom is 0.252 e. The molecule has 21 heavy (non-hydrogen) atoms. The van der Waals surface area contributed by atoms with E-state index in [9.17, 15) is 0 Å². The third-order valence-corrected chi connectivity index (χ3v) is 3.24. The van der Waals surface area contributed by atoms with Crippen LogP contribution in [0, 0.1) is 12.3 Å². The lowest BCUT2D eigenvalue weighted by molar-refractivity contribution is 0.125. The molecule has 110 valence electrons. The van der Waals surface area contributed by atoms with Crippen molar-refractivity contribution in [2.75, 3.05) is 6.61 Å². The van der Waals surface area contributed by atoms with Gasteiger partial charge in [0.05, 0.1) is 5.02 Å². The highest BCUT2D eigenvalue weighted by Crippen LogP contribution is 2.30. The van der Waals surface area contributed by atoms with Gasteiger partial charge in [-0.05, 0) is 25.1 Å². The van der Waals surface area contributed by atoms with E-state index in [0.29, 0.717) is 22.5 Å². The molecule has 2 aromatic rings. The smallest absolute Gasteiger partial charge is 0.252 e. The van der Waals surface area contributed by atoms with Crippen LogP contribution >= 0.6 is 27.5 Å². The van der Waals surface area contributed by atoms with E-state index in [-0.39, 0.29) is 13.2 Å². The van der Waals surface area contributed by atoms with Gasteiger partial charge in [-0.15, -0.1) is 6.42 Å². The van der Waals surface area contributed by atoms with Gasteiger partial charge >= 0.3 is 0 Å². The molecule has 1 unspecified atom stereocenters. The summed E-state index contributed by atoms with van der Waals surface area (Å²) in [6, 6.07) is 5.35. The zero-order valence-corrected chi connectivity index (χ0v) is 13.5. The molecule has 0 saturated carbocycles. The molecule has 0 fully saturated rings. The Morgan fingerprint density at radius 1 is 1.52 bits per heavy atom. The summed E-state index contributed by atoms with van der Waals surface area (Å²) in [6.07, 6.45) is 4.67. The highest BCUT2D eigenvalue weighted by molar-refractivity contribution is 9.10. The highest BCUT2D eigenvalue weighted by atomic mass is 79.9. The highest BCUT2D eigenvalue weighted by Gasteiger charge is 2.16. The van der Waals surface area contributed by atoms with Crippen LogP contribution in [-0.2, 0) is 11.3 Å². The minimum Gasteiger partial charge on any atom is -0.481 e. The summed E-state index contributed by atoms with van der Waals surface area (Å²) in [6.45, 7) is 2.16. The minimum absolute atomic E-state index is 0.170. The Hall–Kier alpha value is -1.55. The normalized spacial score (nSPS) is 11.9. The molecule has 5 nitrogen and oxygen atoms in total. The molecule has 2 rings (SSSR count). The van der Waals surface area contributed by atoms with Crippen molar-refractivity contribution in [2.45, 2.75) is 19.6 Å².